The van der Waals surface area contributed by atoms with Gasteiger partial charge in [-0.25, -0.2) is 0 Å². The smallest absolute Gasteiger partial charge is 0.242 e. The van der Waals surface area contributed by atoms with Gasteiger partial charge in [0.25, 0.3) is 0 Å². The lowest BCUT2D eigenvalue weighted by Gasteiger charge is -2.33. The van der Waals surface area contributed by atoms with E-state index >= 15 is 0 Å². The zero-order valence-electron chi connectivity index (χ0n) is 19.3. The highest BCUT2D eigenvalue weighted by Crippen LogP contribution is 2.38. The molecule has 2 atom stereocenters. The van der Waals surface area contributed by atoms with Crippen LogP contribution in [0.4, 0.5) is 0 Å². The summed E-state index contributed by atoms with van der Waals surface area (Å²) in [4.78, 5) is 27.2. The van der Waals surface area contributed by atoms with Gasteiger partial charge in [-0.2, -0.15) is 0 Å². The minimum Gasteiger partial charge on any atom is -0.354 e. The van der Waals surface area contributed by atoms with Gasteiger partial charge in [0, 0.05) is 11.4 Å². The average Bonchev–Trinajstić information content (AvgIpc) is 2.73. The zero-order chi connectivity index (χ0) is 22.9. The first kappa shape index (κ1) is 26.1. The second-order valence-corrected chi connectivity index (χ2v) is 10.4. The monoisotopic (exact) mass is 466 g/mol. The van der Waals surface area contributed by atoms with Crippen molar-refractivity contribution in [2.24, 2.45) is 5.92 Å². The standard InChI is InChI=1S/C25H39ClN2O2S/c1-18(2)17-25(3,19-13-12-14-20(26)22(19)31)24(30)28-21-15-10-8-6-4-5-7-9-11-16-27-23(21)29/h12-14,18,21,31H,4-11,15-17H2,1-3H3,(H,27,29)(H,28,30). The van der Waals surface area contributed by atoms with Crippen molar-refractivity contribution >= 4 is 36.0 Å². The highest BCUT2D eigenvalue weighted by atomic mass is 35.5. The molecule has 1 saturated heterocycles. The number of carbonyl (C=O) groups is 2. The Morgan fingerprint density at radius 3 is 2.42 bits per heavy atom. The lowest BCUT2D eigenvalue weighted by Crippen LogP contribution is -2.53. The van der Waals surface area contributed by atoms with Gasteiger partial charge >= 0.3 is 0 Å². The maximum absolute atomic E-state index is 13.6. The van der Waals surface area contributed by atoms with E-state index in [-0.39, 0.29) is 17.7 Å². The third kappa shape index (κ3) is 7.71. The Balaban J connectivity index is 2.23. The van der Waals surface area contributed by atoms with Gasteiger partial charge in [-0.05, 0) is 43.7 Å². The summed E-state index contributed by atoms with van der Waals surface area (Å²) in [6, 6.07) is 5.04. The van der Waals surface area contributed by atoms with Crippen molar-refractivity contribution in [3.63, 3.8) is 0 Å². The fourth-order valence-electron chi connectivity index (χ4n) is 4.56. The van der Waals surface area contributed by atoms with Gasteiger partial charge in [0.2, 0.25) is 11.8 Å². The normalized spacial score (nSPS) is 21.2. The molecule has 4 nitrogen and oxygen atoms in total. The summed E-state index contributed by atoms with van der Waals surface area (Å²) < 4.78 is 0. The fourth-order valence-corrected chi connectivity index (χ4v) is 5.13. The topological polar surface area (TPSA) is 58.2 Å². The Hall–Kier alpha value is -1.20. The van der Waals surface area contributed by atoms with Crippen LogP contribution in [0.3, 0.4) is 0 Å². The second-order valence-electron chi connectivity index (χ2n) is 9.50. The van der Waals surface area contributed by atoms with Crippen molar-refractivity contribution in [1.29, 1.82) is 0 Å². The first-order valence-corrected chi connectivity index (χ1v) is 12.6. The summed E-state index contributed by atoms with van der Waals surface area (Å²) in [5.41, 5.74) is -0.0167. The molecule has 0 spiro atoms. The molecule has 1 aromatic carbocycles. The number of amides is 2. The van der Waals surface area contributed by atoms with Crippen LogP contribution in [-0.2, 0) is 15.0 Å². The van der Waals surface area contributed by atoms with E-state index in [0.29, 0.717) is 29.3 Å². The first-order chi connectivity index (χ1) is 14.8. The molecule has 1 aliphatic rings. The molecule has 174 valence electrons. The van der Waals surface area contributed by atoms with Crippen molar-refractivity contribution < 1.29 is 9.59 Å². The van der Waals surface area contributed by atoms with E-state index in [9.17, 15) is 9.59 Å². The molecular weight excluding hydrogens is 428 g/mol. The van der Waals surface area contributed by atoms with Gasteiger partial charge in [-0.15, -0.1) is 12.6 Å². The summed E-state index contributed by atoms with van der Waals surface area (Å²) in [5, 5.41) is 6.67. The third-order valence-corrected chi connectivity index (χ3v) is 7.17. The molecule has 6 heteroatoms. The minimum absolute atomic E-state index is 0.0725. The van der Waals surface area contributed by atoms with Crippen molar-refractivity contribution in [3.8, 4) is 0 Å². The Kier molecular flexibility index (Phi) is 10.7. The van der Waals surface area contributed by atoms with Crippen LogP contribution in [0.1, 0.15) is 90.5 Å². The summed E-state index contributed by atoms with van der Waals surface area (Å²) >= 11 is 10.9. The first-order valence-electron chi connectivity index (χ1n) is 11.8. The Bertz CT molecular complexity index is 740. The van der Waals surface area contributed by atoms with Crippen LogP contribution in [0.2, 0.25) is 5.02 Å². The van der Waals surface area contributed by atoms with Crippen molar-refractivity contribution in [3.05, 3.63) is 28.8 Å². The molecule has 1 fully saturated rings. The van der Waals surface area contributed by atoms with Crippen LogP contribution in [0.5, 0.6) is 0 Å². The van der Waals surface area contributed by atoms with Crippen molar-refractivity contribution in [2.45, 2.75) is 101 Å². The molecule has 2 N–H and O–H groups in total. The second kappa shape index (κ2) is 12.7. The van der Waals surface area contributed by atoms with Crippen molar-refractivity contribution in [1.82, 2.24) is 10.6 Å². The fraction of sp³-hybridized carbons (Fsp3) is 0.680. The van der Waals surface area contributed by atoms with Crippen LogP contribution in [-0.4, -0.2) is 24.4 Å². The van der Waals surface area contributed by atoms with E-state index < -0.39 is 11.5 Å². The molecule has 2 amide bonds. The molecule has 31 heavy (non-hydrogen) atoms. The molecule has 0 aliphatic carbocycles. The largest absolute Gasteiger partial charge is 0.354 e. The molecule has 2 rings (SSSR count). The number of nitrogens with one attached hydrogen (secondary N) is 2. The van der Waals surface area contributed by atoms with E-state index in [1.165, 1.54) is 25.7 Å². The van der Waals surface area contributed by atoms with Crippen LogP contribution in [0.15, 0.2) is 23.1 Å². The van der Waals surface area contributed by atoms with Gasteiger partial charge in [-0.3, -0.25) is 9.59 Å². The molecular formula is C25H39ClN2O2S. The van der Waals surface area contributed by atoms with Gasteiger partial charge in [0.05, 0.1) is 10.4 Å². The predicted octanol–water partition coefficient (Wildman–Crippen LogP) is 6.06. The number of carbonyl (C=O) groups excluding carboxylic acids is 2. The van der Waals surface area contributed by atoms with Crippen LogP contribution < -0.4 is 10.6 Å². The lowest BCUT2D eigenvalue weighted by molar-refractivity contribution is -0.132. The number of rotatable bonds is 5. The van der Waals surface area contributed by atoms with Crippen LogP contribution in [0, 0.1) is 5.92 Å². The minimum atomic E-state index is -0.822. The van der Waals surface area contributed by atoms with E-state index in [0.717, 1.165) is 31.2 Å². The predicted molar refractivity (Wildman–Crippen MR) is 132 cm³/mol. The summed E-state index contributed by atoms with van der Waals surface area (Å²) in [6.07, 6.45) is 10.4. The molecule has 0 aromatic heterocycles. The SMILES string of the molecule is CC(C)CC(C)(C(=O)NC1CCCCCCCCCCNC1=O)c1cccc(Cl)c1S. The summed E-state index contributed by atoms with van der Waals surface area (Å²) in [5.74, 6) is 0.0799. The molecule has 0 bridgehead atoms. The Morgan fingerprint density at radius 1 is 1.16 bits per heavy atom. The van der Waals surface area contributed by atoms with Gasteiger partial charge < -0.3 is 10.6 Å². The quantitative estimate of drug-likeness (QED) is 0.462. The Morgan fingerprint density at radius 2 is 1.77 bits per heavy atom. The lowest BCUT2D eigenvalue weighted by atomic mass is 9.75. The number of thiol groups is 1. The maximum atomic E-state index is 13.6. The van der Waals surface area contributed by atoms with Crippen LogP contribution >= 0.6 is 24.2 Å². The van der Waals surface area contributed by atoms with Gasteiger partial charge in [-0.1, -0.05) is 82.5 Å². The molecule has 2 unspecified atom stereocenters. The maximum Gasteiger partial charge on any atom is 0.242 e. The third-order valence-electron chi connectivity index (χ3n) is 6.24. The van der Waals surface area contributed by atoms with Crippen molar-refractivity contribution in [2.75, 3.05) is 6.54 Å². The highest BCUT2D eigenvalue weighted by Gasteiger charge is 2.39. The van der Waals surface area contributed by atoms with E-state index in [1.54, 1.807) is 6.07 Å². The van der Waals surface area contributed by atoms with E-state index in [4.69, 9.17) is 11.6 Å². The van der Waals surface area contributed by atoms with E-state index in [1.807, 2.05) is 19.1 Å². The molecule has 1 heterocycles. The zero-order valence-corrected chi connectivity index (χ0v) is 21.0. The van der Waals surface area contributed by atoms with E-state index in [2.05, 4.69) is 37.1 Å². The van der Waals surface area contributed by atoms with Crippen LogP contribution in [0.25, 0.3) is 0 Å². The Labute approximate surface area is 198 Å². The highest BCUT2D eigenvalue weighted by molar-refractivity contribution is 7.80. The van der Waals surface area contributed by atoms with Gasteiger partial charge in [0.15, 0.2) is 0 Å². The average molecular weight is 467 g/mol. The van der Waals surface area contributed by atoms with Gasteiger partial charge in [0.1, 0.15) is 6.04 Å². The number of hydrogen-bond donors (Lipinski definition) is 3. The molecule has 1 aliphatic heterocycles. The summed E-state index contributed by atoms with van der Waals surface area (Å²) in [7, 11) is 0. The number of benzene rings is 1. The number of hydrogen-bond acceptors (Lipinski definition) is 3. The molecule has 0 radical (unpaired) electrons. The number of halogens is 1. The molecule has 1 aromatic rings. The molecule has 0 saturated carbocycles. The summed E-state index contributed by atoms with van der Waals surface area (Å²) in [6.45, 7) is 6.80.